The molecule has 6 nitrogen and oxygen atoms in total. The minimum absolute atomic E-state index is 0.0210. The maximum absolute atomic E-state index is 13.8. The van der Waals surface area contributed by atoms with Crippen molar-refractivity contribution in [2.75, 3.05) is 32.0 Å². The number of hydrogen-bond acceptors (Lipinski definition) is 6. The molecule has 2 aliphatic rings. The number of carbonyl (C=O) groups is 1. The number of carbonyl (C=O) groups excluding carboxylic acids is 1. The number of rotatable bonds is 5. The van der Waals surface area contributed by atoms with Gasteiger partial charge >= 0.3 is 0 Å². The van der Waals surface area contributed by atoms with Crippen LogP contribution >= 0.6 is 0 Å². The topological polar surface area (TPSA) is 68.8 Å². The summed E-state index contributed by atoms with van der Waals surface area (Å²) >= 11 is 0. The third-order valence-electron chi connectivity index (χ3n) is 6.89. The first-order chi connectivity index (χ1) is 17.0. The summed E-state index contributed by atoms with van der Waals surface area (Å²) in [5.74, 6) is 1.44. The minimum Gasteiger partial charge on any atom is -0.493 e. The van der Waals surface area contributed by atoms with Crippen LogP contribution in [0, 0.1) is 12.8 Å². The number of anilines is 2. The Kier molecular flexibility index (Phi) is 6.12. The summed E-state index contributed by atoms with van der Waals surface area (Å²) in [5, 5.41) is 7.20. The van der Waals surface area contributed by atoms with Gasteiger partial charge in [-0.1, -0.05) is 48.0 Å². The smallest absolute Gasteiger partial charge is 0.203 e. The first-order valence-electron chi connectivity index (χ1n) is 11.8. The van der Waals surface area contributed by atoms with Crippen molar-refractivity contribution in [3.8, 4) is 17.2 Å². The Morgan fingerprint density at radius 1 is 0.829 bits per heavy atom. The summed E-state index contributed by atoms with van der Waals surface area (Å²) in [6.45, 7) is 2.07. The number of aryl methyl sites for hydroxylation is 1. The summed E-state index contributed by atoms with van der Waals surface area (Å²) in [6.07, 6.45) is 2.66. The van der Waals surface area contributed by atoms with Gasteiger partial charge in [-0.3, -0.25) is 4.79 Å². The molecule has 5 rings (SSSR count). The van der Waals surface area contributed by atoms with E-state index < -0.39 is 5.92 Å². The van der Waals surface area contributed by atoms with Crippen LogP contribution in [-0.4, -0.2) is 27.1 Å². The molecule has 3 unspecified atom stereocenters. The zero-order chi connectivity index (χ0) is 24.5. The zero-order valence-corrected chi connectivity index (χ0v) is 20.4. The second-order valence-corrected chi connectivity index (χ2v) is 9.04. The summed E-state index contributed by atoms with van der Waals surface area (Å²) in [6, 6.07) is 20.0. The predicted molar refractivity (Wildman–Crippen MR) is 138 cm³/mol. The standard InChI is InChI=1S/C29H30N2O4/c1-17-9-11-18(12-10-17)19-13-23-27(24(32)14-19)28(31-22-8-6-5-7-21(22)30-23)20-15-25(33-2)29(35-4)26(16-20)34-3/h5-13,15-16,19,27-28,30-31H,14H2,1-4H3. The fraction of sp³-hybridized carbons (Fsp3) is 0.276. The highest BCUT2D eigenvalue weighted by Crippen LogP contribution is 2.47. The van der Waals surface area contributed by atoms with Crippen molar-refractivity contribution < 1.29 is 19.0 Å². The minimum atomic E-state index is -0.396. The molecule has 2 N–H and O–H groups in total. The van der Waals surface area contributed by atoms with Crippen molar-refractivity contribution in [2.24, 2.45) is 5.92 Å². The van der Waals surface area contributed by atoms with E-state index in [2.05, 4.69) is 47.9 Å². The maximum Gasteiger partial charge on any atom is 0.203 e. The van der Waals surface area contributed by atoms with Gasteiger partial charge in [-0.25, -0.2) is 0 Å². The van der Waals surface area contributed by atoms with Crippen molar-refractivity contribution in [1.29, 1.82) is 0 Å². The molecule has 0 spiro atoms. The Labute approximate surface area is 205 Å². The van der Waals surface area contributed by atoms with Crippen molar-refractivity contribution in [3.05, 3.63) is 89.1 Å². The molecule has 6 heteroatoms. The average molecular weight is 471 g/mol. The number of nitrogens with one attached hydrogen (secondary N) is 2. The second-order valence-electron chi connectivity index (χ2n) is 9.04. The normalized spacial score (nSPS) is 20.9. The lowest BCUT2D eigenvalue weighted by molar-refractivity contribution is -0.122. The molecule has 180 valence electrons. The zero-order valence-electron chi connectivity index (χ0n) is 20.4. The Morgan fingerprint density at radius 3 is 2.11 bits per heavy atom. The molecule has 3 aromatic carbocycles. The monoisotopic (exact) mass is 470 g/mol. The third kappa shape index (κ3) is 4.20. The number of Topliss-reactive ketones (excluding diaryl/α,β-unsaturated/α-hetero) is 1. The Hall–Kier alpha value is -3.93. The quantitative estimate of drug-likeness (QED) is 0.487. The molecule has 0 amide bonds. The van der Waals surface area contributed by atoms with Crippen LogP contribution in [0.2, 0.25) is 0 Å². The van der Waals surface area contributed by atoms with Crippen molar-refractivity contribution in [2.45, 2.75) is 25.3 Å². The maximum atomic E-state index is 13.8. The van der Waals surface area contributed by atoms with Crippen LogP contribution in [0.15, 0.2) is 72.4 Å². The highest BCUT2D eigenvalue weighted by Gasteiger charge is 2.40. The number of benzene rings is 3. The molecule has 0 aromatic heterocycles. The van der Waals surface area contributed by atoms with E-state index in [1.807, 2.05) is 36.4 Å². The number of para-hydroxylation sites is 2. The molecule has 0 fully saturated rings. The van der Waals surface area contributed by atoms with Crippen molar-refractivity contribution >= 4 is 17.2 Å². The van der Waals surface area contributed by atoms with E-state index in [-0.39, 0.29) is 17.7 Å². The predicted octanol–water partition coefficient (Wildman–Crippen LogP) is 5.86. The molecule has 1 aliphatic heterocycles. The summed E-state index contributed by atoms with van der Waals surface area (Å²) in [4.78, 5) is 13.8. The van der Waals surface area contributed by atoms with Gasteiger partial charge in [0.15, 0.2) is 11.5 Å². The largest absolute Gasteiger partial charge is 0.493 e. The van der Waals surface area contributed by atoms with Gasteiger partial charge in [-0.05, 0) is 42.3 Å². The number of hydrogen-bond donors (Lipinski definition) is 2. The molecule has 1 heterocycles. The summed E-state index contributed by atoms with van der Waals surface area (Å²) in [7, 11) is 4.78. The molecule has 0 radical (unpaired) electrons. The number of methoxy groups -OCH3 is 3. The van der Waals surface area contributed by atoms with Gasteiger partial charge in [0.25, 0.3) is 0 Å². The highest BCUT2D eigenvalue weighted by atomic mass is 16.5. The fourth-order valence-electron chi connectivity index (χ4n) is 5.09. The first kappa shape index (κ1) is 22.8. The van der Waals surface area contributed by atoms with Gasteiger partial charge in [-0.15, -0.1) is 0 Å². The Balaban J connectivity index is 1.64. The van der Waals surface area contributed by atoms with Crippen LogP contribution in [0.4, 0.5) is 11.4 Å². The van der Waals surface area contributed by atoms with Crippen molar-refractivity contribution in [1.82, 2.24) is 0 Å². The first-order valence-corrected chi connectivity index (χ1v) is 11.8. The van der Waals surface area contributed by atoms with Gasteiger partial charge in [0.1, 0.15) is 5.78 Å². The van der Waals surface area contributed by atoms with Gasteiger partial charge in [-0.2, -0.15) is 0 Å². The lowest BCUT2D eigenvalue weighted by Crippen LogP contribution is -2.33. The van der Waals surface area contributed by atoms with Crippen LogP contribution in [0.1, 0.15) is 35.1 Å². The summed E-state index contributed by atoms with van der Waals surface area (Å²) < 4.78 is 16.7. The lowest BCUT2D eigenvalue weighted by atomic mass is 9.76. The van der Waals surface area contributed by atoms with E-state index in [4.69, 9.17) is 14.2 Å². The van der Waals surface area contributed by atoms with E-state index in [9.17, 15) is 4.79 Å². The van der Waals surface area contributed by atoms with Crippen LogP contribution in [0.3, 0.4) is 0 Å². The molecule has 3 atom stereocenters. The van der Waals surface area contributed by atoms with E-state index in [0.717, 1.165) is 28.2 Å². The second kappa shape index (κ2) is 9.37. The highest BCUT2D eigenvalue weighted by molar-refractivity contribution is 5.90. The Bertz CT molecular complexity index is 1260. The van der Waals surface area contributed by atoms with Crippen LogP contribution in [-0.2, 0) is 4.79 Å². The number of allylic oxidation sites excluding steroid dienone is 1. The van der Waals surface area contributed by atoms with Crippen molar-refractivity contribution in [3.63, 3.8) is 0 Å². The SMILES string of the molecule is COc1cc(C2Nc3ccccc3NC3=CC(c4ccc(C)cc4)CC(=O)C32)cc(OC)c1OC. The van der Waals surface area contributed by atoms with Gasteiger partial charge in [0.2, 0.25) is 5.75 Å². The third-order valence-corrected chi connectivity index (χ3v) is 6.89. The van der Waals surface area contributed by atoms with Gasteiger partial charge < -0.3 is 24.8 Å². The molecular weight excluding hydrogens is 440 g/mol. The molecular formula is C29H30N2O4. The van der Waals surface area contributed by atoms with Crippen LogP contribution < -0.4 is 24.8 Å². The molecule has 3 aromatic rings. The van der Waals surface area contributed by atoms with Crippen LogP contribution in [0.25, 0.3) is 0 Å². The van der Waals surface area contributed by atoms with E-state index in [0.29, 0.717) is 23.7 Å². The Morgan fingerprint density at radius 2 is 1.49 bits per heavy atom. The molecule has 1 aliphatic carbocycles. The van der Waals surface area contributed by atoms with Crippen LogP contribution in [0.5, 0.6) is 17.2 Å². The van der Waals surface area contributed by atoms with E-state index in [1.54, 1.807) is 21.3 Å². The van der Waals surface area contributed by atoms with E-state index >= 15 is 0 Å². The molecule has 0 saturated carbocycles. The molecule has 35 heavy (non-hydrogen) atoms. The van der Waals surface area contributed by atoms with Gasteiger partial charge in [0.05, 0.1) is 44.7 Å². The average Bonchev–Trinajstić information content (AvgIpc) is 3.05. The lowest BCUT2D eigenvalue weighted by Gasteiger charge is -2.33. The fourth-order valence-corrected chi connectivity index (χ4v) is 5.09. The summed E-state index contributed by atoms with van der Waals surface area (Å²) in [5.41, 5.74) is 6.01. The number of ketones is 1. The number of fused-ring (bicyclic) bond motifs is 2. The number of ether oxygens (including phenoxy) is 3. The molecule has 0 saturated heterocycles. The molecule has 0 bridgehead atoms. The van der Waals surface area contributed by atoms with Gasteiger partial charge in [0, 0.05) is 18.0 Å². The van der Waals surface area contributed by atoms with E-state index in [1.165, 1.54) is 5.56 Å².